The van der Waals surface area contributed by atoms with E-state index < -0.39 is 10.0 Å². The summed E-state index contributed by atoms with van der Waals surface area (Å²) in [5, 5.41) is 2.16. The molecule has 0 N–H and O–H groups in total. The molecule has 4 rings (SSSR count). The van der Waals surface area contributed by atoms with Crippen molar-refractivity contribution in [2.75, 3.05) is 19.6 Å². The monoisotopic (exact) mass is 354 g/mol. The third-order valence-electron chi connectivity index (χ3n) is 4.49. The fourth-order valence-electron chi connectivity index (χ4n) is 3.10. The fourth-order valence-corrected chi connectivity index (χ4v) is 6.95. The molecule has 0 bridgehead atoms. The minimum Gasteiger partial charge on any atom is -0.293 e. The molecule has 0 aromatic carbocycles. The number of thiophene rings is 2. The Labute approximate surface area is 139 Å². The van der Waals surface area contributed by atoms with Crippen LogP contribution in [0.25, 0.3) is 0 Å². The number of fused-ring (bicyclic) bond motifs is 1. The second-order valence-electron chi connectivity index (χ2n) is 5.93. The first kappa shape index (κ1) is 14.8. The predicted molar refractivity (Wildman–Crippen MR) is 90.0 cm³/mol. The Balaban J connectivity index is 1.42. The third kappa shape index (κ3) is 2.45. The Kier molecular flexibility index (Phi) is 3.65. The minimum atomic E-state index is -3.28. The van der Waals surface area contributed by atoms with E-state index in [1.807, 2.05) is 24.3 Å². The van der Waals surface area contributed by atoms with Gasteiger partial charge in [-0.2, -0.15) is 4.31 Å². The Morgan fingerprint density at radius 1 is 1.23 bits per heavy atom. The van der Waals surface area contributed by atoms with Crippen LogP contribution in [-0.2, 0) is 23.0 Å². The summed E-state index contributed by atoms with van der Waals surface area (Å²) in [4.78, 5) is 4.96. The van der Waals surface area contributed by atoms with Gasteiger partial charge in [-0.15, -0.1) is 22.7 Å². The number of nitrogens with zero attached hydrogens (tertiary/aromatic N) is 2. The van der Waals surface area contributed by atoms with E-state index in [2.05, 4.69) is 16.3 Å². The Bertz CT molecular complexity index is 787. The molecule has 0 spiro atoms. The van der Waals surface area contributed by atoms with Gasteiger partial charge >= 0.3 is 0 Å². The van der Waals surface area contributed by atoms with Gasteiger partial charge in [0.15, 0.2) is 0 Å². The van der Waals surface area contributed by atoms with Crippen molar-refractivity contribution in [2.45, 2.75) is 30.1 Å². The predicted octanol–water partition coefficient (Wildman–Crippen LogP) is 2.55. The molecule has 2 aromatic rings. The van der Waals surface area contributed by atoms with E-state index >= 15 is 0 Å². The van der Waals surface area contributed by atoms with Crippen LogP contribution in [0.5, 0.6) is 0 Å². The summed E-state index contributed by atoms with van der Waals surface area (Å²) in [6.07, 6.45) is 1.10. The van der Waals surface area contributed by atoms with Crippen LogP contribution >= 0.6 is 22.7 Å². The Hall–Kier alpha value is -0.730. The summed E-state index contributed by atoms with van der Waals surface area (Å²) in [7, 11) is -3.28. The SMILES string of the molecule is Cc1ccc(S(=O)(=O)N2CC(N3CCc4sccc4C3)C2)s1. The van der Waals surface area contributed by atoms with Crippen molar-refractivity contribution in [3.8, 4) is 0 Å². The average Bonchev–Trinajstić information content (AvgIpc) is 3.04. The van der Waals surface area contributed by atoms with Gasteiger partial charge in [-0.05, 0) is 42.5 Å². The number of sulfonamides is 1. The van der Waals surface area contributed by atoms with E-state index in [4.69, 9.17) is 0 Å². The van der Waals surface area contributed by atoms with Crippen LogP contribution in [0.15, 0.2) is 27.8 Å². The average molecular weight is 355 g/mol. The van der Waals surface area contributed by atoms with Crippen molar-refractivity contribution in [1.82, 2.24) is 9.21 Å². The molecule has 22 heavy (non-hydrogen) atoms. The van der Waals surface area contributed by atoms with Crippen LogP contribution in [-0.4, -0.2) is 43.3 Å². The second-order valence-corrected chi connectivity index (χ2v) is 10.4. The van der Waals surface area contributed by atoms with E-state index in [-0.39, 0.29) is 0 Å². The summed E-state index contributed by atoms with van der Waals surface area (Å²) in [5.41, 5.74) is 1.42. The minimum absolute atomic E-state index is 0.365. The van der Waals surface area contributed by atoms with Crippen LogP contribution in [0.4, 0.5) is 0 Å². The molecule has 1 fully saturated rings. The van der Waals surface area contributed by atoms with Gasteiger partial charge in [0.2, 0.25) is 0 Å². The maximum atomic E-state index is 12.5. The quantitative estimate of drug-likeness (QED) is 0.850. The van der Waals surface area contributed by atoms with Crippen molar-refractivity contribution in [2.24, 2.45) is 0 Å². The van der Waals surface area contributed by atoms with Gasteiger partial charge < -0.3 is 0 Å². The van der Waals surface area contributed by atoms with Crippen molar-refractivity contribution in [3.05, 3.63) is 38.9 Å². The van der Waals surface area contributed by atoms with Crippen LogP contribution in [0.1, 0.15) is 15.3 Å². The summed E-state index contributed by atoms with van der Waals surface area (Å²) >= 11 is 3.20. The van der Waals surface area contributed by atoms with Gasteiger partial charge in [-0.3, -0.25) is 4.90 Å². The molecular weight excluding hydrogens is 336 g/mol. The molecule has 4 heterocycles. The van der Waals surface area contributed by atoms with Crippen LogP contribution < -0.4 is 0 Å². The van der Waals surface area contributed by atoms with Crippen molar-refractivity contribution >= 4 is 32.7 Å². The normalized spacial score (nSPS) is 20.8. The van der Waals surface area contributed by atoms with E-state index in [0.29, 0.717) is 23.3 Å². The molecule has 7 heteroatoms. The standard InChI is InChI=1S/C15H18N2O2S3/c1-11-2-3-15(21-11)22(18,19)17-9-13(10-17)16-6-4-14-12(8-16)5-7-20-14/h2-3,5,7,13H,4,6,8-10H2,1H3. The van der Waals surface area contributed by atoms with Crippen LogP contribution in [0.2, 0.25) is 0 Å². The Morgan fingerprint density at radius 2 is 2.05 bits per heavy atom. The van der Waals surface area contributed by atoms with E-state index in [0.717, 1.165) is 24.4 Å². The molecule has 0 unspecified atom stereocenters. The first-order valence-electron chi connectivity index (χ1n) is 7.40. The first-order valence-corrected chi connectivity index (χ1v) is 10.5. The van der Waals surface area contributed by atoms with Gasteiger partial charge in [0, 0.05) is 42.0 Å². The molecule has 2 aliphatic heterocycles. The zero-order valence-electron chi connectivity index (χ0n) is 12.4. The van der Waals surface area contributed by atoms with Crippen molar-refractivity contribution < 1.29 is 8.42 Å². The molecule has 0 aliphatic carbocycles. The molecule has 0 saturated carbocycles. The van der Waals surface area contributed by atoms with E-state index in [9.17, 15) is 8.42 Å². The molecule has 2 aliphatic rings. The smallest absolute Gasteiger partial charge is 0.252 e. The molecule has 2 aromatic heterocycles. The largest absolute Gasteiger partial charge is 0.293 e. The highest BCUT2D eigenvalue weighted by Gasteiger charge is 2.40. The maximum absolute atomic E-state index is 12.5. The van der Waals surface area contributed by atoms with Gasteiger partial charge in [-0.1, -0.05) is 0 Å². The molecule has 118 valence electrons. The zero-order chi connectivity index (χ0) is 15.3. The van der Waals surface area contributed by atoms with Gasteiger partial charge in [0.1, 0.15) is 4.21 Å². The first-order chi connectivity index (χ1) is 10.5. The van der Waals surface area contributed by atoms with Crippen LogP contribution in [0.3, 0.4) is 0 Å². The highest BCUT2D eigenvalue weighted by molar-refractivity contribution is 7.91. The topological polar surface area (TPSA) is 40.6 Å². The summed E-state index contributed by atoms with van der Waals surface area (Å²) in [6, 6.07) is 6.16. The van der Waals surface area contributed by atoms with Gasteiger partial charge in [0.25, 0.3) is 10.0 Å². The fraction of sp³-hybridized carbons (Fsp3) is 0.467. The molecule has 4 nitrogen and oxygen atoms in total. The number of hydrogen-bond donors (Lipinski definition) is 0. The Morgan fingerprint density at radius 3 is 2.77 bits per heavy atom. The van der Waals surface area contributed by atoms with Gasteiger partial charge in [-0.25, -0.2) is 8.42 Å². The van der Waals surface area contributed by atoms with E-state index in [1.54, 1.807) is 10.4 Å². The molecule has 0 amide bonds. The van der Waals surface area contributed by atoms with Gasteiger partial charge in [0.05, 0.1) is 0 Å². The lowest BCUT2D eigenvalue weighted by Gasteiger charge is -2.45. The number of rotatable bonds is 3. The van der Waals surface area contributed by atoms with Crippen molar-refractivity contribution in [1.29, 1.82) is 0 Å². The highest BCUT2D eigenvalue weighted by atomic mass is 32.2. The molecule has 1 saturated heterocycles. The summed E-state index contributed by atoms with van der Waals surface area (Å²) in [5.74, 6) is 0. The molecule has 0 atom stereocenters. The van der Waals surface area contributed by atoms with Crippen LogP contribution in [0, 0.1) is 6.92 Å². The second kappa shape index (κ2) is 5.42. The lowest BCUT2D eigenvalue weighted by Crippen LogP contribution is -2.61. The summed E-state index contributed by atoms with van der Waals surface area (Å²) < 4.78 is 27.2. The third-order valence-corrected chi connectivity index (χ3v) is 8.81. The lowest BCUT2D eigenvalue weighted by atomic mass is 10.0. The maximum Gasteiger partial charge on any atom is 0.252 e. The highest BCUT2D eigenvalue weighted by Crippen LogP contribution is 2.31. The number of hydrogen-bond acceptors (Lipinski definition) is 5. The molecular formula is C15H18N2O2S3. The summed E-state index contributed by atoms with van der Waals surface area (Å²) in [6.45, 7) is 5.20. The lowest BCUT2D eigenvalue weighted by molar-refractivity contribution is 0.0776. The van der Waals surface area contributed by atoms with E-state index in [1.165, 1.54) is 21.8 Å². The van der Waals surface area contributed by atoms with Crippen molar-refractivity contribution in [3.63, 3.8) is 0 Å². The zero-order valence-corrected chi connectivity index (χ0v) is 14.8. The molecule has 0 radical (unpaired) electrons. The number of aryl methyl sites for hydroxylation is 1.